The van der Waals surface area contributed by atoms with Crippen molar-refractivity contribution in [3.63, 3.8) is 0 Å². The van der Waals surface area contributed by atoms with Crippen LogP contribution in [0.15, 0.2) is 0 Å². The third-order valence-corrected chi connectivity index (χ3v) is 3.65. The maximum Gasteiger partial charge on any atom is 0.305 e. The molecule has 0 N–H and O–H groups in total. The van der Waals surface area contributed by atoms with Gasteiger partial charge in [0.15, 0.2) is 0 Å². The van der Waals surface area contributed by atoms with Crippen molar-refractivity contribution in [2.24, 2.45) is 11.8 Å². The molecule has 1 rings (SSSR count). The molecular formula is C7H13FO2S. The summed E-state index contributed by atoms with van der Waals surface area (Å²) in [5, 5.41) is -0.748. The highest BCUT2D eigenvalue weighted by Gasteiger charge is 2.41. The lowest BCUT2D eigenvalue weighted by Gasteiger charge is -2.14. The minimum absolute atomic E-state index is 0.0880. The Hall–Kier alpha value is -0.120. The van der Waals surface area contributed by atoms with E-state index in [0.29, 0.717) is 0 Å². The van der Waals surface area contributed by atoms with E-state index in [1.807, 2.05) is 0 Å². The maximum absolute atomic E-state index is 12.6. The molecule has 1 fully saturated rings. The average molecular weight is 180 g/mol. The van der Waals surface area contributed by atoms with Gasteiger partial charge in [0.25, 0.3) is 0 Å². The molecule has 1 saturated carbocycles. The van der Waals surface area contributed by atoms with Crippen LogP contribution in [0.3, 0.4) is 0 Å². The van der Waals surface area contributed by atoms with E-state index < -0.39 is 15.5 Å². The van der Waals surface area contributed by atoms with E-state index in [0.717, 1.165) is 12.8 Å². The van der Waals surface area contributed by atoms with Crippen molar-refractivity contribution < 1.29 is 12.3 Å². The molecule has 0 bridgehead atoms. The van der Waals surface area contributed by atoms with Crippen LogP contribution in [-0.4, -0.2) is 13.7 Å². The molecule has 2 nitrogen and oxygen atoms in total. The van der Waals surface area contributed by atoms with Crippen molar-refractivity contribution in [1.29, 1.82) is 0 Å². The molecule has 0 spiro atoms. The fraction of sp³-hybridized carbons (Fsp3) is 1.00. The molecule has 66 valence electrons. The molecule has 0 aliphatic heterocycles. The molecular weight excluding hydrogens is 167 g/mol. The van der Waals surface area contributed by atoms with Gasteiger partial charge in [-0.05, 0) is 24.7 Å². The summed E-state index contributed by atoms with van der Waals surface area (Å²) in [6.45, 7) is 3.50. The van der Waals surface area contributed by atoms with Gasteiger partial charge in [-0.2, -0.15) is 8.42 Å². The summed E-state index contributed by atoms with van der Waals surface area (Å²) in [6.07, 6.45) is 1.73. The van der Waals surface area contributed by atoms with Crippen LogP contribution in [0.25, 0.3) is 0 Å². The van der Waals surface area contributed by atoms with Crippen LogP contribution in [0, 0.1) is 11.8 Å². The van der Waals surface area contributed by atoms with E-state index >= 15 is 0 Å². The highest BCUT2D eigenvalue weighted by atomic mass is 32.3. The van der Waals surface area contributed by atoms with Gasteiger partial charge in [0.1, 0.15) is 0 Å². The Morgan fingerprint density at radius 1 is 1.36 bits per heavy atom. The lowest BCUT2D eigenvalue weighted by molar-refractivity contribution is 0.471. The molecule has 0 radical (unpaired) electrons. The first kappa shape index (κ1) is 8.97. The van der Waals surface area contributed by atoms with E-state index in [1.165, 1.54) is 0 Å². The van der Waals surface area contributed by atoms with Gasteiger partial charge in [0.05, 0.1) is 5.25 Å². The van der Waals surface area contributed by atoms with Crippen LogP contribution in [0.2, 0.25) is 0 Å². The van der Waals surface area contributed by atoms with Crippen LogP contribution < -0.4 is 0 Å². The van der Waals surface area contributed by atoms with Crippen LogP contribution in [0.5, 0.6) is 0 Å². The second-order valence-corrected chi connectivity index (χ2v) is 5.02. The van der Waals surface area contributed by atoms with Gasteiger partial charge in [-0.3, -0.25) is 0 Å². The number of hydrogen-bond donors (Lipinski definition) is 0. The molecule has 4 heteroatoms. The Morgan fingerprint density at radius 3 is 1.91 bits per heavy atom. The fourth-order valence-corrected chi connectivity index (χ4v) is 2.91. The monoisotopic (exact) mass is 180 g/mol. The lowest BCUT2D eigenvalue weighted by Crippen LogP contribution is -2.25. The van der Waals surface area contributed by atoms with Gasteiger partial charge in [0, 0.05) is 0 Å². The summed E-state index contributed by atoms with van der Waals surface area (Å²) >= 11 is 0. The van der Waals surface area contributed by atoms with Gasteiger partial charge in [-0.1, -0.05) is 13.8 Å². The van der Waals surface area contributed by atoms with Gasteiger partial charge >= 0.3 is 10.2 Å². The SMILES string of the molecule is CC(C)C(C1CC1)S(=O)(=O)F. The molecule has 1 atom stereocenters. The van der Waals surface area contributed by atoms with Crippen LogP contribution in [0.4, 0.5) is 3.89 Å². The van der Waals surface area contributed by atoms with Crippen LogP contribution in [-0.2, 0) is 10.2 Å². The van der Waals surface area contributed by atoms with Crippen LogP contribution in [0.1, 0.15) is 26.7 Å². The van der Waals surface area contributed by atoms with Gasteiger partial charge in [-0.25, -0.2) is 0 Å². The Labute approximate surface area is 67.0 Å². The molecule has 0 aromatic rings. The smallest absolute Gasteiger partial charge is 0.195 e. The van der Waals surface area contributed by atoms with Crippen molar-refractivity contribution >= 4 is 10.2 Å². The van der Waals surface area contributed by atoms with E-state index in [2.05, 4.69) is 0 Å². The van der Waals surface area contributed by atoms with Gasteiger partial charge in [0.2, 0.25) is 0 Å². The molecule has 1 aliphatic rings. The number of halogens is 1. The summed E-state index contributed by atoms with van der Waals surface area (Å²) in [5.74, 6) is -0.0116. The summed E-state index contributed by atoms with van der Waals surface area (Å²) in [4.78, 5) is 0. The topological polar surface area (TPSA) is 34.1 Å². The fourth-order valence-electron chi connectivity index (χ4n) is 1.52. The quantitative estimate of drug-likeness (QED) is 0.620. The van der Waals surface area contributed by atoms with Crippen molar-refractivity contribution in [2.75, 3.05) is 0 Å². The average Bonchev–Trinajstić information content (AvgIpc) is 2.42. The van der Waals surface area contributed by atoms with E-state index in [9.17, 15) is 12.3 Å². The van der Waals surface area contributed by atoms with Crippen LogP contribution >= 0.6 is 0 Å². The zero-order valence-corrected chi connectivity index (χ0v) is 7.57. The zero-order valence-electron chi connectivity index (χ0n) is 6.75. The molecule has 1 unspecified atom stereocenters. The maximum atomic E-state index is 12.6. The predicted octanol–water partition coefficient (Wildman–Crippen LogP) is 1.72. The molecule has 11 heavy (non-hydrogen) atoms. The van der Waals surface area contributed by atoms with Crippen molar-refractivity contribution in [3.05, 3.63) is 0 Å². The second-order valence-electron chi connectivity index (χ2n) is 3.52. The Bertz CT molecular complexity index is 227. The summed E-state index contributed by atoms with van der Waals surface area (Å²) in [6, 6.07) is 0. The zero-order chi connectivity index (χ0) is 8.65. The van der Waals surface area contributed by atoms with Gasteiger partial charge < -0.3 is 0 Å². The Kier molecular flexibility index (Phi) is 2.23. The molecule has 0 aromatic carbocycles. The summed E-state index contributed by atoms with van der Waals surface area (Å²) < 4.78 is 33.7. The summed E-state index contributed by atoms with van der Waals surface area (Å²) in [7, 11) is -4.30. The second kappa shape index (κ2) is 2.73. The predicted molar refractivity (Wildman–Crippen MR) is 41.4 cm³/mol. The number of rotatable bonds is 3. The highest BCUT2D eigenvalue weighted by molar-refractivity contribution is 7.87. The summed E-state index contributed by atoms with van der Waals surface area (Å²) in [5.41, 5.74) is 0. The van der Waals surface area contributed by atoms with Gasteiger partial charge in [-0.15, -0.1) is 3.89 Å². The molecule has 0 amide bonds. The Balaban J connectivity index is 2.75. The normalized spacial score (nSPS) is 22.2. The minimum atomic E-state index is -4.30. The van der Waals surface area contributed by atoms with E-state index in [-0.39, 0.29) is 11.8 Å². The first-order valence-corrected chi connectivity index (χ1v) is 5.31. The first-order chi connectivity index (χ1) is 4.93. The van der Waals surface area contributed by atoms with Crippen molar-refractivity contribution in [1.82, 2.24) is 0 Å². The minimum Gasteiger partial charge on any atom is -0.195 e. The van der Waals surface area contributed by atoms with Crippen molar-refractivity contribution in [3.8, 4) is 0 Å². The Morgan fingerprint density at radius 2 is 1.82 bits per heavy atom. The molecule has 0 aromatic heterocycles. The lowest BCUT2D eigenvalue weighted by atomic mass is 10.1. The standard InChI is InChI=1S/C7H13FO2S/c1-5(2)7(6-3-4-6)11(8,9)10/h5-7H,3-4H2,1-2H3. The third-order valence-electron chi connectivity index (χ3n) is 2.07. The molecule has 1 aliphatic carbocycles. The number of hydrogen-bond acceptors (Lipinski definition) is 2. The van der Waals surface area contributed by atoms with E-state index in [4.69, 9.17) is 0 Å². The third kappa shape index (κ3) is 2.15. The highest BCUT2D eigenvalue weighted by Crippen LogP contribution is 2.40. The van der Waals surface area contributed by atoms with E-state index in [1.54, 1.807) is 13.8 Å². The molecule has 0 saturated heterocycles. The largest absolute Gasteiger partial charge is 0.305 e. The first-order valence-electron chi connectivity index (χ1n) is 3.86. The van der Waals surface area contributed by atoms with Crippen molar-refractivity contribution in [2.45, 2.75) is 31.9 Å². The molecule has 0 heterocycles.